The first-order valence-electron chi connectivity index (χ1n) is 30.8. The van der Waals surface area contributed by atoms with Crippen LogP contribution in [-0.4, -0.2) is 56.9 Å². The van der Waals surface area contributed by atoms with E-state index in [-0.39, 0.29) is 0 Å². The van der Waals surface area contributed by atoms with E-state index in [4.69, 9.17) is 37.9 Å². The summed E-state index contributed by atoms with van der Waals surface area (Å²) in [5.74, 6) is 6.10. The molecule has 14 rings (SSSR count). The lowest BCUT2D eigenvalue weighted by Crippen LogP contribution is -2.39. The molecule has 12 heteroatoms. The van der Waals surface area contributed by atoms with E-state index in [9.17, 15) is 0 Å². The largest absolute Gasteiger partial charge is 0.497 e. The quantitative estimate of drug-likeness (QED) is 0.0787. The molecular weight excluding hydrogens is 1160 g/mol. The van der Waals surface area contributed by atoms with Crippen LogP contribution in [0.3, 0.4) is 0 Å². The van der Waals surface area contributed by atoms with Crippen LogP contribution in [0, 0.1) is 0 Å². The number of nitrogens with one attached hydrogen (secondary N) is 1. The Kier molecular flexibility index (Phi) is 15.7. The predicted molar refractivity (Wildman–Crippen MR) is 374 cm³/mol. The van der Waals surface area contributed by atoms with E-state index in [2.05, 4.69) is 196 Å². The molecule has 0 heterocycles. The van der Waals surface area contributed by atoms with Gasteiger partial charge in [0.25, 0.3) is 0 Å². The SMILES string of the molecule is COc1ccc(NC2(c3ccc(OC)cc3)C=CC3=C(C2)C2(c4cc(N(c5ccc(OC)cc5)c5ccc(OC)cc5)ccc43)c3cc(N(c4ccc(OC)cc4)c4ccc(OC)cc4)ccc3-c3ccc(N(c4ccc(OC)cc4)c4ccc(OC)cc4)cc32)cc1. The fourth-order valence-corrected chi connectivity index (χ4v) is 13.8. The van der Waals surface area contributed by atoms with Gasteiger partial charge in [0.15, 0.2) is 0 Å². The molecule has 0 aromatic heterocycles. The number of hydrogen-bond acceptors (Lipinski definition) is 12. The lowest BCUT2D eigenvalue weighted by Gasteiger charge is -2.42. The van der Waals surface area contributed by atoms with E-state index in [0.717, 1.165) is 147 Å². The maximum Gasteiger partial charge on any atom is 0.119 e. The number of anilines is 10. The number of rotatable bonds is 20. The van der Waals surface area contributed by atoms with Gasteiger partial charge in [-0.15, -0.1) is 0 Å². The van der Waals surface area contributed by atoms with Gasteiger partial charge in [0.05, 0.1) is 67.8 Å². The Morgan fingerprint density at radius 3 is 0.849 bits per heavy atom. The predicted octanol–water partition coefficient (Wildman–Crippen LogP) is 19.2. The molecule has 1 atom stereocenters. The van der Waals surface area contributed by atoms with Crippen molar-refractivity contribution in [3.05, 3.63) is 294 Å². The van der Waals surface area contributed by atoms with Crippen molar-refractivity contribution < 1.29 is 37.9 Å². The average molecular weight is 1230 g/mol. The van der Waals surface area contributed by atoms with Gasteiger partial charge < -0.3 is 57.9 Å². The summed E-state index contributed by atoms with van der Waals surface area (Å²) < 4.78 is 46.1. The molecule has 0 amide bonds. The van der Waals surface area contributed by atoms with Crippen LogP contribution in [0.5, 0.6) is 46.0 Å². The number of methoxy groups -OCH3 is 8. The van der Waals surface area contributed by atoms with E-state index in [1.807, 2.05) is 84.9 Å². The van der Waals surface area contributed by atoms with Gasteiger partial charge in [0.2, 0.25) is 0 Å². The number of nitrogens with zero attached hydrogens (tertiary/aromatic N) is 3. The minimum Gasteiger partial charge on any atom is -0.497 e. The molecule has 0 saturated heterocycles. The summed E-state index contributed by atoms with van der Waals surface area (Å²) in [4.78, 5) is 6.96. The van der Waals surface area contributed by atoms with Crippen molar-refractivity contribution in [3.8, 4) is 57.1 Å². The topological polar surface area (TPSA) is 95.6 Å². The van der Waals surface area contributed by atoms with Gasteiger partial charge in [0.1, 0.15) is 46.0 Å². The van der Waals surface area contributed by atoms with Gasteiger partial charge in [0, 0.05) is 63.3 Å². The summed E-state index contributed by atoms with van der Waals surface area (Å²) in [5.41, 5.74) is 17.9. The Morgan fingerprint density at radius 2 is 0.548 bits per heavy atom. The number of fused-ring (bicyclic) bond motifs is 9. The second-order valence-corrected chi connectivity index (χ2v) is 23.1. The molecule has 3 aliphatic rings. The second-order valence-electron chi connectivity index (χ2n) is 23.1. The van der Waals surface area contributed by atoms with Crippen molar-refractivity contribution in [2.75, 3.05) is 76.9 Å². The molecule has 1 spiro atoms. The lowest BCUT2D eigenvalue weighted by atomic mass is 9.64. The fraction of sp³-hybridized carbons (Fsp3) is 0.136. The molecule has 11 aromatic carbocycles. The normalized spacial score (nSPS) is 14.5. The summed E-state index contributed by atoms with van der Waals surface area (Å²) in [5, 5.41) is 4.16. The van der Waals surface area contributed by atoms with E-state index >= 15 is 0 Å². The zero-order chi connectivity index (χ0) is 63.8. The summed E-state index contributed by atoms with van der Waals surface area (Å²) >= 11 is 0. The molecule has 0 saturated carbocycles. The molecule has 12 nitrogen and oxygen atoms in total. The smallest absolute Gasteiger partial charge is 0.119 e. The maximum absolute atomic E-state index is 5.84. The van der Waals surface area contributed by atoms with Crippen molar-refractivity contribution in [1.29, 1.82) is 0 Å². The molecule has 11 aromatic rings. The molecule has 462 valence electrons. The summed E-state index contributed by atoms with van der Waals surface area (Å²) in [6, 6.07) is 87.4. The van der Waals surface area contributed by atoms with Crippen molar-refractivity contribution in [2.24, 2.45) is 0 Å². The lowest BCUT2D eigenvalue weighted by molar-refractivity contribution is 0.414. The molecule has 1 N–H and O–H groups in total. The highest BCUT2D eigenvalue weighted by Gasteiger charge is 2.56. The van der Waals surface area contributed by atoms with Crippen LogP contribution in [0.2, 0.25) is 0 Å². The van der Waals surface area contributed by atoms with Gasteiger partial charge in [-0.3, -0.25) is 0 Å². The van der Waals surface area contributed by atoms with E-state index in [1.165, 1.54) is 5.57 Å². The van der Waals surface area contributed by atoms with Crippen molar-refractivity contribution in [1.82, 2.24) is 0 Å². The molecule has 93 heavy (non-hydrogen) atoms. The number of allylic oxidation sites excluding steroid dienone is 2. The van der Waals surface area contributed by atoms with Crippen LogP contribution in [0.15, 0.2) is 266 Å². The Morgan fingerprint density at radius 1 is 0.290 bits per heavy atom. The van der Waals surface area contributed by atoms with Gasteiger partial charge in [-0.25, -0.2) is 0 Å². The molecule has 0 radical (unpaired) electrons. The summed E-state index contributed by atoms with van der Waals surface area (Å²) in [6.45, 7) is 0. The van der Waals surface area contributed by atoms with E-state index < -0.39 is 11.0 Å². The van der Waals surface area contributed by atoms with Gasteiger partial charge in [-0.1, -0.05) is 42.5 Å². The van der Waals surface area contributed by atoms with Gasteiger partial charge in [-0.2, -0.15) is 0 Å². The van der Waals surface area contributed by atoms with Crippen LogP contribution in [-0.2, 0) is 11.0 Å². The van der Waals surface area contributed by atoms with Crippen LogP contribution in [0.1, 0.15) is 34.2 Å². The third-order valence-electron chi connectivity index (χ3n) is 18.4. The van der Waals surface area contributed by atoms with Crippen LogP contribution < -0.4 is 57.9 Å². The summed E-state index contributed by atoms with van der Waals surface area (Å²) in [6.07, 6.45) is 5.27. The average Bonchev–Trinajstić information content (AvgIpc) is 1.50. The monoisotopic (exact) mass is 1230 g/mol. The maximum atomic E-state index is 5.84. The third-order valence-corrected chi connectivity index (χ3v) is 18.4. The number of benzene rings is 11. The van der Waals surface area contributed by atoms with Crippen LogP contribution in [0.4, 0.5) is 56.9 Å². The highest BCUT2D eigenvalue weighted by Crippen LogP contribution is 2.67. The minimum absolute atomic E-state index is 0.538. The molecule has 0 fully saturated rings. The third kappa shape index (κ3) is 10.5. The Hall–Kier alpha value is -11.5. The first kappa shape index (κ1) is 59.1. The van der Waals surface area contributed by atoms with Crippen molar-refractivity contribution in [2.45, 2.75) is 17.4 Å². The van der Waals surface area contributed by atoms with Crippen molar-refractivity contribution in [3.63, 3.8) is 0 Å². The number of hydrogen-bond donors (Lipinski definition) is 1. The van der Waals surface area contributed by atoms with Crippen LogP contribution >= 0.6 is 0 Å². The van der Waals surface area contributed by atoms with Crippen LogP contribution in [0.25, 0.3) is 16.7 Å². The first-order chi connectivity index (χ1) is 45.6. The Labute approximate surface area is 543 Å². The summed E-state index contributed by atoms with van der Waals surface area (Å²) in [7, 11) is 13.6. The highest BCUT2D eigenvalue weighted by atomic mass is 16.5. The Balaban J connectivity index is 1.09. The zero-order valence-corrected chi connectivity index (χ0v) is 53.1. The second kappa shape index (κ2) is 24.7. The zero-order valence-electron chi connectivity index (χ0n) is 53.1. The molecule has 3 aliphatic carbocycles. The van der Waals surface area contributed by atoms with E-state index in [0.29, 0.717) is 6.42 Å². The molecule has 0 bridgehead atoms. The standard InChI is InChI=1S/C81H70N4O8/c1-86-64-28-9-53(10-29-64)80(82-54-11-30-65(87-2)31-12-54)48-47-75-74-46-27-63(85(59-21-40-70(92-7)41-22-59)60-23-42-71(93-8)43-24-60)51-78(74)81(79(75)52-80)76-49-61(83(55-13-32-66(88-3)33-14-55)56-15-34-67(89-4)35-16-56)25-44-72(76)73-45-26-62(50-77(73)81)84(57-17-36-68(90-5)37-18-57)58-19-38-69(91-6)39-20-58/h9-51,82H,52H2,1-8H3. The molecular formula is C81H70N4O8. The fourth-order valence-electron chi connectivity index (χ4n) is 13.8. The first-order valence-corrected chi connectivity index (χ1v) is 30.8. The minimum atomic E-state index is -0.982. The molecule has 0 aliphatic heterocycles. The highest BCUT2D eigenvalue weighted by molar-refractivity contribution is 6.01. The van der Waals surface area contributed by atoms with Gasteiger partial charge >= 0.3 is 0 Å². The molecule has 1 unspecified atom stereocenters. The van der Waals surface area contributed by atoms with E-state index in [1.54, 1.807) is 56.9 Å². The number of ether oxygens (including phenoxy) is 8. The Bertz CT molecular complexity index is 4280. The van der Waals surface area contributed by atoms with Crippen molar-refractivity contribution >= 4 is 62.4 Å². The van der Waals surface area contributed by atoms with Gasteiger partial charge in [-0.05, 0) is 268 Å².